The molecule has 114 valence electrons. The monoisotopic (exact) mass is 298 g/mol. The molecule has 2 amide bonds. The van der Waals surface area contributed by atoms with Crippen molar-refractivity contribution in [3.05, 3.63) is 0 Å². The Labute approximate surface area is 126 Å². The highest BCUT2D eigenvalue weighted by Crippen LogP contribution is 2.47. The Balaban J connectivity index is 1.91. The van der Waals surface area contributed by atoms with Crippen molar-refractivity contribution in [2.45, 2.75) is 70.3 Å². The summed E-state index contributed by atoms with van der Waals surface area (Å²) in [6.45, 7) is 8.51. The van der Waals surface area contributed by atoms with Gasteiger partial charge in [-0.2, -0.15) is 0 Å². The lowest BCUT2D eigenvalue weighted by Crippen LogP contribution is -2.51. The topological polar surface area (TPSA) is 49.4 Å². The van der Waals surface area contributed by atoms with Crippen LogP contribution in [0.5, 0.6) is 0 Å². The fourth-order valence-corrected chi connectivity index (χ4v) is 4.44. The second-order valence-electron chi connectivity index (χ2n) is 6.65. The first-order chi connectivity index (χ1) is 9.33. The SMILES string of the molecule is CC(C)CC[C@H](C)NC(=O)[C@@H]1CS[C@@]2(C)CCC(=O)N12. The minimum absolute atomic E-state index is 0.0210. The first-order valence-electron chi connectivity index (χ1n) is 7.60. The Bertz CT molecular complexity index is 399. The van der Waals surface area contributed by atoms with E-state index >= 15 is 0 Å². The van der Waals surface area contributed by atoms with Crippen LogP contribution in [0.4, 0.5) is 0 Å². The summed E-state index contributed by atoms with van der Waals surface area (Å²) in [6, 6.07) is -0.0963. The summed E-state index contributed by atoms with van der Waals surface area (Å²) in [6.07, 6.45) is 3.55. The van der Waals surface area contributed by atoms with Crippen LogP contribution in [0, 0.1) is 5.92 Å². The lowest BCUT2D eigenvalue weighted by Gasteiger charge is -2.30. The molecule has 0 aromatic carbocycles. The van der Waals surface area contributed by atoms with Crippen molar-refractivity contribution in [2.24, 2.45) is 5.92 Å². The molecule has 0 unspecified atom stereocenters. The highest BCUT2D eigenvalue weighted by molar-refractivity contribution is 8.01. The Morgan fingerprint density at radius 3 is 2.80 bits per heavy atom. The zero-order chi connectivity index (χ0) is 14.9. The zero-order valence-corrected chi connectivity index (χ0v) is 13.8. The number of nitrogens with one attached hydrogen (secondary N) is 1. The fourth-order valence-electron chi connectivity index (χ4n) is 3.01. The van der Waals surface area contributed by atoms with Crippen LogP contribution in [0.3, 0.4) is 0 Å². The summed E-state index contributed by atoms with van der Waals surface area (Å²) in [5.74, 6) is 1.53. The van der Waals surface area contributed by atoms with E-state index in [2.05, 4.69) is 26.1 Å². The molecule has 20 heavy (non-hydrogen) atoms. The number of hydrogen-bond donors (Lipinski definition) is 1. The molecule has 0 aromatic heterocycles. The number of fused-ring (bicyclic) bond motifs is 1. The number of hydrogen-bond acceptors (Lipinski definition) is 3. The van der Waals surface area contributed by atoms with Crippen LogP contribution in [0.25, 0.3) is 0 Å². The van der Waals surface area contributed by atoms with Gasteiger partial charge in [-0.3, -0.25) is 9.59 Å². The van der Waals surface area contributed by atoms with Gasteiger partial charge >= 0.3 is 0 Å². The van der Waals surface area contributed by atoms with E-state index in [4.69, 9.17) is 0 Å². The number of carbonyl (C=O) groups excluding carboxylic acids is 2. The molecule has 4 nitrogen and oxygen atoms in total. The average molecular weight is 298 g/mol. The summed E-state index contributed by atoms with van der Waals surface area (Å²) < 4.78 is 0. The molecule has 0 saturated carbocycles. The quantitative estimate of drug-likeness (QED) is 0.848. The van der Waals surface area contributed by atoms with Crippen molar-refractivity contribution in [1.82, 2.24) is 10.2 Å². The molecule has 0 aromatic rings. The third kappa shape index (κ3) is 3.13. The number of nitrogens with zero attached hydrogens (tertiary/aromatic N) is 1. The van der Waals surface area contributed by atoms with Gasteiger partial charge in [-0.15, -0.1) is 11.8 Å². The van der Waals surface area contributed by atoms with Gasteiger partial charge < -0.3 is 10.2 Å². The van der Waals surface area contributed by atoms with Crippen LogP contribution >= 0.6 is 11.8 Å². The van der Waals surface area contributed by atoms with Crippen LogP contribution in [0.1, 0.15) is 53.4 Å². The predicted octanol–water partition coefficient (Wildman–Crippen LogP) is 2.38. The standard InChI is InChI=1S/C15H26N2O2S/c1-10(2)5-6-11(3)16-14(19)12-9-20-15(4)8-7-13(18)17(12)15/h10-12H,5-9H2,1-4H3,(H,16,19)/t11-,12-,15-/m0/s1. The molecule has 0 spiro atoms. The van der Waals surface area contributed by atoms with Gasteiger partial charge in [-0.1, -0.05) is 13.8 Å². The molecule has 5 heteroatoms. The van der Waals surface area contributed by atoms with Crippen molar-refractivity contribution < 1.29 is 9.59 Å². The zero-order valence-electron chi connectivity index (χ0n) is 12.9. The van der Waals surface area contributed by atoms with Crippen molar-refractivity contribution in [1.29, 1.82) is 0 Å². The lowest BCUT2D eigenvalue weighted by molar-refractivity contribution is -0.138. The van der Waals surface area contributed by atoms with Crippen LogP contribution in [-0.2, 0) is 9.59 Å². The van der Waals surface area contributed by atoms with E-state index in [1.54, 1.807) is 11.8 Å². The largest absolute Gasteiger partial charge is 0.352 e. The smallest absolute Gasteiger partial charge is 0.243 e. The van der Waals surface area contributed by atoms with Crippen LogP contribution < -0.4 is 5.32 Å². The van der Waals surface area contributed by atoms with E-state index in [1.165, 1.54) is 0 Å². The van der Waals surface area contributed by atoms with Crippen molar-refractivity contribution >= 4 is 23.6 Å². The molecule has 1 N–H and O–H groups in total. The molecule has 0 bridgehead atoms. The van der Waals surface area contributed by atoms with Gasteiger partial charge in [0.25, 0.3) is 0 Å². The average Bonchev–Trinajstić information content (AvgIpc) is 2.84. The number of thioether (sulfide) groups is 1. The molecular formula is C15H26N2O2S. The number of amides is 2. The van der Waals surface area contributed by atoms with Crippen LogP contribution in [-0.4, -0.2) is 39.4 Å². The van der Waals surface area contributed by atoms with Gasteiger partial charge in [0.15, 0.2) is 0 Å². The Hall–Kier alpha value is -0.710. The highest BCUT2D eigenvalue weighted by atomic mass is 32.2. The van der Waals surface area contributed by atoms with E-state index in [9.17, 15) is 9.59 Å². The first-order valence-corrected chi connectivity index (χ1v) is 8.58. The Kier molecular flexibility index (Phi) is 4.67. The summed E-state index contributed by atoms with van der Waals surface area (Å²) in [4.78, 5) is 26.1. The molecular weight excluding hydrogens is 272 g/mol. The predicted molar refractivity (Wildman–Crippen MR) is 82.4 cm³/mol. The normalized spacial score (nSPS) is 30.8. The molecule has 2 rings (SSSR count). The number of rotatable bonds is 5. The summed E-state index contributed by atoms with van der Waals surface area (Å²) in [5, 5.41) is 3.08. The minimum atomic E-state index is -0.276. The van der Waals surface area contributed by atoms with Crippen molar-refractivity contribution in [3.8, 4) is 0 Å². The van der Waals surface area contributed by atoms with Crippen molar-refractivity contribution in [3.63, 3.8) is 0 Å². The summed E-state index contributed by atoms with van der Waals surface area (Å²) >= 11 is 1.75. The molecule has 2 fully saturated rings. The van der Waals surface area contributed by atoms with Crippen LogP contribution in [0.15, 0.2) is 0 Å². The van der Waals surface area contributed by atoms with Gasteiger partial charge in [0.05, 0.1) is 4.87 Å². The van der Waals surface area contributed by atoms with Gasteiger partial charge in [0, 0.05) is 18.2 Å². The molecule has 3 atom stereocenters. The Morgan fingerprint density at radius 1 is 1.45 bits per heavy atom. The Morgan fingerprint density at radius 2 is 2.15 bits per heavy atom. The molecule has 2 aliphatic rings. The first kappa shape index (κ1) is 15.7. The third-order valence-electron chi connectivity index (χ3n) is 4.31. The van der Waals surface area contributed by atoms with Gasteiger partial charge in [0.2, 0.25) is 11.8 Å². The van der Waals surface area contributed by atoms with E-state index in [-0.39, 0.29) is 28.8 Å². The van der Waals surface area contributed by atoms with E-state index in [1.807, 2.05) is 11.8 Å². The second kappa shape index (κ2) is 5.96. The third-order valence-corrected chi connectivity index (χ3v) is 5.82. The maximum Gasteiger partial charge on any atom is 0.243 e. The van der Waals surface area contributed by atoms with E-state index < -0.39 is 0 Å². The minimum Gasteiger partial charge on any atom is -0.352 e. The van der Waals surface area contributed by atoms with Crippen LogP contribution in [0.2, 0.25) is 0 Å². The molecule has 0 radical (unpaired) electrons. The van der Waals surface area contributed by atoms with Gasteiger partial charge in [-0.25, -0.2) is 0 Å². The molecule has 2 heterocycles. The maximum absolute atomic E-state index is 12.4. The molecule has 2 aliphatic heterocycles. The number of carbonyl (C=O) groups is 2. The fraction of sp³-hybridized carbons (Fsp3) is 0.867. The summed E-state index contributed by atoms with van der Waals surface area (Å²) in [7, 11) is 0. The van der Waals surface area contributed by atoms with Gasteiger partial charge in [0.1, 0.15) is 6.04 Å². The second-order valence-corrected chi connectivity index (χ2v) is 8.15. The van der Waals surface area contributed by atoms with E-state index in [0.29, 0.717) is 12.3 Å². The molecule has 0 aliphatic carbocycles. The molecule has 2 saturated heterocycles. The summed E-state index contributed by atoms with van der Waals surface area (Å²) in [5.41, 5.74) is 0. The van der Waals surface area contributed by atoms with Gasteiger partial charge in [-0.05, 0) is 39.0 Å². The van der Waals surface area contributed by atoms with Crippen molar-refractivity contribution in [2.75, 3.05) is 5.75 Å². The highest BCUT2D eigenvalue weighted by Gasteiger charge is 2.52. The van der Waals surface area contributed by atoms with E-state index in [0.717, 1.165) is 25.0 Å². The maximum atomic E-state index is 12.4. The lowest BCUT2D eigenvalue weighted by atomic mass is 10.0.